The van der Waals surface area contributed by atoms with Crippen LogP contribution in [0.15, 0.2) is 90.1 Å². The highest BCUT2D eigenvalue weighted by Crippen LogP contribution is 2.51. The summed E-state index contributed by atoms with van der Waals surface area (Å²) in [6, 6.07) is 23.0. The number of fused-ring (bicyclic) bond motifs is 6. The fourth-order valence-electron chi connectivity index (χ4n) is 10.8. The maximum Gasteiger partial charge on any atom is 0.407 e. The number of methoxy groups -OCH3 is 2. The number of nitrogens with one attached hydrogen (secondary N) is 3. The van der Waals surface area contributed by atoms with Gasteiger partial charge in [0.1, 0.15) is 24.5 Å². The van der Waals surface area contributed by atoms with Gasteiger partial charge >= 0.3 is 12.2 Å². The molecule has 1 aliphatic carbocycles. The number of imidazole rings is 1. The highest BCUT2D eigenvalue weighted by atomic mass is 19.1. The third kappa shape index (κ3) is 7.63. The first-order valence-corrected chi connectivity index (χ1v) is 22.7. The molecule has 2 saturated heterocycles. The molecule has 14 nitrogen and oxygen atoms in total. The number of aromatic nitrogens is 2. The first-order valence-electron chi connectivity index (χ1n) is 22.7. The second-order valence-electron chi connectivity index (χ2n) is 18.2. The number of amides is 4. The topological polar surface area (TPSA) is 168 Å². The van der Waals surface area contributed by atoms with Gasteiger partial charge in [-0.15, -0.1) is 0 Å². The number of rotatable bonds is 10. The van der Waals surface area contributed by atoms with E-state index in [2.05, 4.69) is 27.8 Å². The third-order valence-electron chi connectivity index (χ3n) is 14.1. The number of aliphatic imine (C=N–C) groups is 1. The monoisotopic (exact) mass is 893 g/mol. The molecule has 5 aromatic rings. The lowest BCUT2D eigenvalue weighted by atomic mass is 9.90. The minimum Gasteiger partial charge on any atom is -0.485 e. The van der Waals surface area contributed by atoms with Crippen LogP contribution in [0.25, 0.3) is 38.9 Å². The molecule has 340 valence electrons. The molecule has 66 heavy (non-hydrogen) atoms. The van der Waals surface area contributed by atoms with Crippen LogP contribution in [0, 0.1) is 17.7 Å². The van der Waals surface area contributed by atoms with Crippen LogP contribution in [0.5, 0.6) is 5.75 Å². The molecule has 3 fully saturated rings. The van der Waals surface area contributed by atoms with Gasteiger partial charge in [-0.3, -0.25) is 14.6 Å². The van der Waals surface area contributed by atoms with Gasteiger partial charge in [-0.05, 0) is 102 Å². The summed E-state index contributed by atoms with van der Waals surface area (Å²) in [6.07, 6.45) is 5.05. The molecule has 4 aromatic carbocycles. The van der Waals surface area contributed by atoms with Crippen LogP contribution in [0.4, 0.5) is 14.0 Å². The predicted octanol–water partition coefficient (Wildman–Crippen LogP) is 8.63. The number of alkyl carbamates (subject to hydrolysis) is 2. The molecule has 3 N–H and O–H groups in total. The predicted molar refractivity (Wildman–Crippen MR) is 246 cm³/mol. The first kappa shape index (κ1) is 42.9. The van der Waals surface area contributed by atoms with E-state index in [1.54, 1.807) is 17.2 Å². The Morgan fingerprint density at radius 2 is 1.61 bits per heavy atom. The summed E-state index contributed by atoms with van der Waals surface area (Å²) in [4.78, 5) is 69.6. The SMILES string of the molecule is COC(=O)NC(C(=O)N1CCC[C@H]1C1=NC=C(c2ccc3c(c2F)OCc2cc(-c4ccc5nc([C@@H]6[C@H]7CC[C@H](C7)N6C(=O)[C@H](NC(=O)OC)c6ccccc6)[nH]c5c4)ccc2-3)C1)C(C)C. The molecule has 0 spiro atoms. The number of H-pyrrole nitrogens is 1. The van der Waals surface area contributed by atoms with Crippen LogP contribution < -0.4 is 15.4 Å². The van der Waals surface area contributed by atoms with E-state index < -0.39 is 30.1 Å². The highest BCUT2D eigenvalue weighted by molar-refractivity contribution is 6.04. The van der Waals surface area contributed by atoms with E-state index in [-0.39, 0.29) is 54.1 Å². The van der Waals surface area contributed by atoms with Crippen LogP contribution in [-0.2, 0) is 25.7 Å². The van der Waals surface area contributed by atoms with Crippen LogP contribution in [0.2, 0.25) is 0 Å². The van der Waals surface area contributed by atoms with Gasteiger partial charge in [0.05, 0.1) is 37.3 Å². The van der Waals surface area contributed by atoms with Crippen molar-refractivity contribution in [1.29, 1.82) is 0 Å². The van der Waals surface area contributed by atoms with E-state index in [4.69, 9.17) is 24.2 Å². The largest absolute Gasteiger partial charge is 0.485 e. The molecule has 0 radical (unpaired) electrons. The number of halogens is 1. The lowest BCUT2D eigenvalue weighted by molar-refractivity contribution is -0.138. The Morgan fingerprint density at radius 1 is 0.864 bits per heavy atom. The minimum absolute atomic E-state index is 0.0426. The first-order chi connectivity index (χ1) is 32.0. The minimum atomic E-state index is -0.904. The molecular weight excluding hydrogens is 842 g/mol. The Labute approximate surface area is 381 Å². The zero-order valence-electron chi connectivity index (χ0n) is 37.3. The molecule has 4 amide bonds. The summed E-state index contributed by atoms with van der Waals surface area (Å²) in [5.41, 5.74) is 8.65. The summed E-state index contributed by atoms with van der Waals surface area (Å²) in [6.45, 7) is 4.49. The van der Waals surface area contributed by atoms with Crippen molar-refractivity contribution in [2.45, 2.75) is 89.2 Å². The van der Waals surface area contributed by atoms with Gasteiger partial charge in [-0.2, -0.15) is 0 Å². The van der Waals surface area contributed by atoms with Crippen molar-refractivity contribution in [2.75, 3.05) is 20.8 Å². The normalized spacial score (nSPS) is 21.4. The number of piperidine rings is 1. The van der Waals surface area contributed by atoms with Crippen molar-refractivity contribution in [2.24, 2.45) is 16.8 Å². The molecule has 15 heteroatoms. The average Bonchev–Trinajstić information content (AvgIpc) is 4.21. The zero-order chi connectivity index (χ0) is 45.8. The van der Waals surface area contributed by atoms with Crippen LogP contribution in [-0.4, -0.2) is 88.4 Å². The van der Waals surface area contributed by atoms with Gasteiger partial charge in [-0.1, -0.05) is 68.4 Å². The van der Waals surface area contributed by atoms with E-state index in [1.165, 1.54) is 14.2 Å². The number of hydrogen-bond donors (Lipinski definition) is 3. The average molecular weight is 894 g/mol. The zero-order valence-corrected chi connectivity index (χ0v) is 37.3. The number of ether oxygens (including phenoxy) is 3. The second-order valence-corrected chi connectivity index (χ2v) is 18.2. The van der Waals surface area contributed by atoms with Crippen molar-refractivity contribution in [3.8, 4) is 28.0 Å². The number of hydrogen-bond acceptors (Lipinski definition) is 9. The van der Waals surface area contributed by atoms with Crippen LogP contribution in [0.1, 0.15) is 87.0 Å². The second kappa shape index (κ2) is 17.4. The summed E-state index contributed by atoms with van der Waals surface area (Å²) >= 11 is 0. The van der Waals surface area contributed by atoms with Crippen LogP contribution >= 0.6 is 0 Å². The summed E-state index contributed by atoms with van der Waals surface area (Å²) in [7, 11) is 2.56. The summed E-state index contributed by atoms with van der Waals surface area (Å²) in [5, 5.41) is 5.46. The molecule has 1 unspecified atom stereocenters. The van der Waals surface area contributed by atoms with Crippen molar-refractivity contribution < 1.29 is 37.8 Å². The molecule has 6 atom stereocenters. The smallest absolute Gasteiger partial charge is 0.407 e. The number of allylic oxidation sites excluding steroid dienone is 1. The number of carbonyl (C=O) groups is 4. The number of nitrogens with zero attached hydrogens (tertiary/aromatic N) is 4. The number of aromatic amines is 1. The lowest BCUT2D eigenvalue weighted by Gasteiger charge is -2.36. The third-order valence-corrected chi connectivity index (χ3v) is 14.1. The Hall–Kier alpha value is -7.03. The fourth-order valence-corrected chi connectivity index (χ4v) is 10.8. The Bertz CT molecular complexity index is 2820. The summed E-state index contributed by atoms with van der Waals surface area (Å²) < 4.78 is 32.3. The van der Waals surface area contributed by atoms with E-state index in [1.807, 2.05) is 79.4 Å². The van der Waals surface area contributed by atoms with Gasteiger partial charge in [0.2, 0.25) is 5.91 Å². The molecule has 2 bridgehead atoms. The fraction of sp³-hybridized carbons (Fsp3) is 0.373. The van der Waals surface area contributed by atoms with Gasteiger partial charge in [0.15, 0.2) is 11.6 Å². The van der Waals surface area contributed by atoms with Crippen molar-refractivity contribution in [3.63, 3.8) is 0 Å². The van der Waals surface area contributed by atoms with Gasteiger partial charge < -0.3 is 39.6 Å². The molecule has 10 rings (SSSR count). The maximum absolute atomic E-state index is 16.5. The number of carbonyl (C=O) groups excluding carboxylic acids is 4. The summed E-state index contributed by atoms with van der Waals surface area (Å²) in [5.74, 6) is 0.192. The molecule has 5 heterocycles. The van der Waals surface area contributed by atoms with Gasteiger partial charge in [0.25, 0.3) is 5.91 Å². The van der Waals surface area contributed by atoms with Crippen molar-refractivity contribution in [1.82, 2.24) is 30.4 Å². The van der Waals surface area contributed by atoms with Crippen molar-refractivity contribution >= 4 is 46.3 Å². The maximum atomic E-state index is 16.5. The molecule has 1 aromatic heterocycles. The quantitative estimate of drug-likeness (QED) is 0.125. The molecular formula is C51H52FN7O7. The Morgan fingerprint density at radius 3 is 2.39 bits per heavy atom. The molecule has 4 aliphatic heterocycles. The van der Waals surface area contributed by atoms with Gasteiger partial charge in [0, 0.05) is 42.0 Å². The van der Waals surface area contributed by atoms with Gasteiger partial charge in [-0.25, -0.2) is 19.0 Å². The van der Waals surface area contributed by atoms with E-state index >= 15 is 4.39 Å². The Balaban J connectivity index is 0.856. The molecule has 1 saturated carbocycles. The van der Waals surface area contributed by atoms with E-state index in [0.717, 1.165) is 76.9 Å². The lowest BCUT2D eigenvalue weighted by Crippen LogP contribution is -2.53. The molecule has 5 aliphatic rings. The van der Waals surface area contributed by atoms with Crippen molar-refractivity contribution in [3.05, 3.63) is 113 Å². The highest BCUT2D eigenvalue weighted by Gasteiger charge is 2.51. The van der Waals surface area contributed by atoms with E-state index in [0.29, 0.717) is 35.2 Å². The number of benzene rings is 4. The standard InChI is InChI=1S/C51H52FN7O7/c1-27(2)43(56-50(62)64-3)48(60)58-20-8-11-41(58)40-24-32(25-53-40)36-17-18-37-35-16-13-29(21-33(35)26-66-46(37)42(36)52)30-14-19-38-39(23-30)55-47(54-38)45-31-12-15-34(22-31)59(45)49(61)44(57-51(63)65-4)28-9-6-5-7-10-28/h5-7,9-10,13-14,16-19,21,23,25,27,31,34,41,43-45H,8,11-12,15,20,22,24,26H2,1-4H3,(H,54,55)(H,56,62)(H,57,63)/t31-,34+,41-,43?,44+,45-/m0/s1. The van der Waals surface area contributed by atoms with Crippen LogP contribution in [0.3, 0.4) is 0 Å². The number of likely N-dealkylation sites (tertiary alicyclic amines) is 2. The van der Waals surface area contributed by atoms with E-state index in [9.17, 15) is 19.2 Å². The Kier molecular flexibility index (Phi) is 11.3.